The highest BCUT2D eigenvalue weighted by molar-refractivity contribution is 6.00. The Morgan fingerprint density at radius 2 is 0.938 bits per heavy atom. The number of pyridine rings is 1. The average Bonchev–Trinajstić information content (AvgIpc) is 3.85. The summed E-state index contributed by atoms with van der Waals surface area (Å²) in [6.45, 7) is 7.97. The molecule has 8 aromatic carbocycles. The van der Waals surface area contributed by atoms with Crippen LogP contribution in [-0.4, -0.2) is 19.9 Å². The molecular weight excluding hydrogens is 789 g/mol. The van der Waals surface area contributed by atoms with E-state index in [4.69, 9.17) is 15.0 Å². The van der Waals surface area contributed by atoms with Gasteiger partial charge < -0.3 is 0 Å². The van der Waals surface area contributed by atoms with Crippen LogP contribution in [0.2, 0.25) is 0 Å². The first kappa shape index (κ1) is 38.1. The first-order valence-electron chi connectivity index (χ1n) is 21.9. The maximum atomic E-state index is 5.05. The fourth-order valence-electron chi connectivity index (χ4n) is 10.3. The smallest absolute Gasteiger partial charge is 0.164 e. The van der Waals surface area contributed by atoms with Gasteiger partial charge in [-0.1, -0.05) is 213 Å². The molecule has 2 aliphatic rings. The van der Waals surface area contributed by atoms with Crippen LogP contribution < -0.4 is 0 Å². The van der Waals surface area contributed by atoms with Crippen LogP contribution in [0.25, 0.3) is 94.9 Å². The van der Waals surface area contributed by atoms with Crippen LogP contribution in [0.3, 0.4) is 0 Å². The number of benzene rings is 8. The summed E-state index contributed by atoms with van der Waals surface area (Å²) < 4.78 is 0. The van der Waals surface area contributed by atoms with Gasteiger partial charge in [-0.05, 0) is 84.5 Å². The lowest BCUT2D eigenvalue weighted by Gasteiger charge is -2.30. The van der Waals surface area contributed by atoms with Gasteiger partial charge in [-0.15, -0.1) is 0 Å². The topological polar surface area (TPSA) is 51.6 Å². The standard InChI is InChI=1S/C61H40N4/c1-3-15-39(4-2)58-63-59(65-60(64-58)44-35-31-41(32-36-44)48-24-12-16-42-19-14-37-62-57(42)48)43-33-29-40(30-34-43)45-17-11-18-46(38-45)47-23-13-28-55-56(47)51-22-7-10-27-54(51)61(55)52-25-8-5-20-49(52)50-21-6-9-26-53(50)61/h3-38H,1-2H2/b39-15+. The molecule has 0 atom stereocenters. The number of aromatic nitrogens is 4. The largest absolute Gasteiger partial charge is 0.256 e. The molecule has 0 aliphatic heterocycles. The summed E-state index contributed by atoms with van der Waals surface area (Å²) in [4.78, 5) is 19.6. The van der Waals surface area contributed by atoms with Crippen molar-refractivity contribution in [3.05, 3.63) is 260 Å². The Hall–Kier alpha value is -8.60. The number of para-hydroxylation sites is 1. The minimum absolute atomic E-state index is 0.385. The number of nitrogens with zero attached hydrogens (tertiary/aromatic N) is 4. The molecule has 0 fully saturated rings. The quantitative estimate of drug-likeness (QED) is 0.143. The first-order valence-corrected chi connectivity index (χ1v) is 21.9. The molecule has 0 saturated heterocycles. The molecule has 0 saturated carbocycles. The maximum Gasteiger partial charge on any atom is 0.164 e. The lowest BCUT2D eigenvalue weighted by molar-refractivity contribution is 0.794. The fourth-order valence-corrected chi connectivity index (χ4v) is 10.3. The van der Waals surface area contributed by atoms with E-state index in [2.05, 4.69) is 206 Å². The van der Waals surface area contributed by atoms with Gasteiger partial charge in [0.05, 0.1) is 10.9 Å². The second-order valence-corrected chi connectivity index (χ2v) is 16.6. The SMILES string of the molecule is C=C/C=C(\C=C)c1nc(-c2ccc(-c3cccc(-c4cccc5c4-c4ccccc4C54c5ccccc5-c5ccccc54)c3)cc2)nc(-c2ccc(-c3cccc4cccnc34)cc2)n1. The second kappa shape index (κ2) is 15.3. The molecule has 2 heterocycles. The van der Waals surface area contributed by atoms with E-state index >= 15 is 0 Å². The molecule has 12 rings (SSSR count). The van der Waals surface area contributed by atoms with Crippen LogP contribution in [0.15, 0.2) is 232 Å². The van der Waals surface area contributed by atoms with Gasteiger partial charge in [0.1, 0.15) is 0 Å². The number of rotatable bonds is 8. The van der Waals surface area contributed by atoms with Gasteiger partial charge in [-0.25, -0.2) is 15.0 Å². The van der Waals surface area contributed by atoms with E-state index in [1.807, 2.05) is 18.3 Å². The lowest BCUT2D eigenvalue weighted by atomic mass is 9.70. The molecule has 0 bridgehead atoms. The van der Waals surface area contributed by atoms with Gasteiger partial charge in [-0.2, -0.15) is 0 Å². The minimum Gasteiger partial charge on any atom is -0.256 e. The molecule has 2 aromatic heterocycles. The molecule has 0 amide bonds. The van der Waals surface area contributed by atoms with Crippen LogP contribution in [0.4, 0.5) is 0 Å². The summed E-state index contributed by atoms with van der Waals surface area (Å²) in [5, 5.41) is 1.10. The molecule has 1 spiro atoms. The van der Waals surface area contributed by atoms with Crippen LogP contribution in [0.1, 0.15) is 28.1 Å². The first-order chi connectivity index (χ1) is 32.1. The Morgan fingerprint density at radius 1 is 0.415 bits per heavy atom. The van der Waals surface area contributed by atoms with E-state index in [0.29, 0.717) is 17.5 Å². The summed E-state index contributed by atoms with van der Waals surface area (Å²) in [6, 6.07) is 69.9. The number of hydrogen-bond donors (Lipinski definition) is 0. The van der Waals surface area contributed by atoms with Crippen LogP contribution in [0, 0.1) is 0 Å². The molecule has 304 valence electrons. The summed E-state index contributed by atoms with van der Waals surface area (Å²) in [5.74, 6) is 1.68. The van der Waals surface area contributed by atoms with Crippen LogP contribution >= 0.6 is 0 Å². The van der Waals surface area contributed by atoms with E-state index in [0.717, 1.165) is 49.9 Å². The Bertz CT molecular complexity index is 3530. The van der Waals surface area contributed by atoms with E-state index in [1.165, 1.54) is 55.6 Å². The molecule has 4 heteroatoms. The maximum absolute atomic E-state index is 5.05. The number of fused-ring (bicyclic) bond motifs is 11. The predicted molar refractivity (Wildman–Crippen MR) is 267 cm³/mol. The van der Waals surface area contributed by atoms with Gasteiger partial charge in [0, 0.05) is 33.8 Å². The molecule has 2 aliphatic carbocycles. The van der Waals surface area contributed by atoms with Crippen molar-refractivity contribution in [2.45, 2.75) is 5.41 Å². The molecule has 65 heavy (non-hydrogen) atoms. The van der Waals surface area contributed by atoms with Crippen molar-refractivity contribution >= 4 is 16.5 Å². The van der Waals surface area contributed by atoms with Crippen molar-refractivity contribution in [3.8, 4) is 78.4 Å². The van der Waals surface area contributed by atoms with Gasteiger partial charge in [0.15, 0.2) is 17.5 Å². The van der Waals surface area contributed by atoms with E-state index in [9.17, 15) is 0 Å². The Morgan fingerprint density at radius 3 is 1.62 bits per heavy atom. The average molecular weight is 829 g/mol. The minimum atomic E-state index is -0.385. The van der Waals surface area contributed by atoms with Gasteiger partial charge in [0.25, 0.3) is 0 Å². The zero-order chi connectivity index (χ0) is 43.5. The van der Waals surface area contributed by atoms with Gasteiger partial charge >= 0.3 is 0 Å². The van der Waals surface area contributed by atoms with Gasteiger partial charge in [-0.3, -0.25) is 4.98 Å². The van der Waals surface area contributed by atoms with Crippen molar-refractivity contribution in [2.75, 3.05) is 0 Å². The highest BCUT2D eigenvalue weighted by Crippen LogP contribution is 2.64. The molecular formula is C61H40N4. The monoisotopic (exact) mass is 828 g/mol. The lowest BCUT2D eigenvalue weighted by Crippen LogP contribution is -2.25. The number of allylic oxidation sites excluding steroid dienone is 4. The Labute approximate surface area is 378 Å². The summed E-state index contributed by atoms with van der Waals surface area (Å²) in [7, 11) is 0. The normalized spacial score (nSPS) is 13.0. The molecule has 10 aromatic rings. The van der Waals surface area contributed by atoms with E-state index in [-0.39, 0.29) is 5.41 Å². The molecule has 0 unspecified atom stereocenters. The van der Waals surface area contributed by atoms with Gasteiger partial charge in [0.2, 0.25) is 0 Å². The Balaban J connectivity index is 0.914. The zero-order valence-electron chi connectivity index (χ0n) is 35.5. The molecule has 4 nitrogen and oxygen atoms in total. The third-order valence-corrected chi connectivity index (χ3v) is 13.2. The second-order valence-electron chi connectivity index (χ2n) is 16.6. The third kappa shape index (κ3) is 5.99. The van der Waals surface area contributed by atoms with Crippen molar-refractivity contribution in [3.63, 3.8) is 0 Å². The van der Waals surface area contributed by atoms with Crippen LogP contribution in [-0.2, 0) is 5.41 Å². The summed E-state index contributed by atoms with van der Waals surface area (Å²) >= 11 is 0. The van der Waals surface area contributed by atoms with Crippen molar-refractivity contribution in [1.82, 2.24) is 19.9 Å². The van der Waals surface area contributed by atoms with Crippen molar-refractivity contribution < 1.29 is 0 Å². The Kier molecular flexibility index (Phi) is 8.99. The summed E-state index contributed by atoms with van der Waals surface area (Å²) in [6.07, 6.45) is 7.19. The van der Waals surface area contributed by atoms with Crippen molar-refractivity contribution in [2.24, 2.45) is 0 Å². The fraction of sp³-hybridized carbons (Fsp3) is 0.0164. The molecule has 0 N–H and O–H groups in total. The van der Waals surface area contributed by atoms with E-state index < -0.39 is 0 Å². The number of hydrogen-bond acceptors (Lipinski definition) is 4. The van der Waals surface area contributed by atoms with E-state index in [1.54, 1.807) is 12.2 Å². The van der Waals surface area contributed by atoms with Crippen molar-refractivity contribution in [1.29, 1.82) is 0 Å². The highest BCUT2D eigenvalue weighted by Gasteiger charge is 2.51. The third-order valence-electron chi connectivity index (χ3n) is 13.2. The summed E-state index contributed by atoms with van der Waals surface area (Å²) in [5.41, 5.74) is 20.5. The highest BCUT2D eigenvalue weighted by atomic mass is 15.0. The molecule has 0 radical (unpaired) electrons. The predicted octanol–water partition coefficient (Wildman–Crippen LogP) is 14.9. The van der Waals surface area contributed by atoms with Crippen LogP contribution in [0.5, 0.6) is 0 Å². The zero-order valence-corrected chi connectivity index (χ0v) is 35.5.